The van der Waals surface area contributed by atoms with Crippen molar-refractivity contribution in [3.05, 3.63) is 137 Å². The maximum Gasteiger partial charge on any atom is 0.573 e. The normalized spacial score (nSPS) is 18.0. The molecule has 2 aliphatic rings. The van der Waals surface area contributed by atoms with Gasteiger partial charge in [-0.2, -0.15) is 0 Å². The Morgan fingerprint density at radius 1 is 0.737 bits per heavy atom. The van der Waals surface area contributed by atoms with Crippen LogP contribution in [0.2, 0.25) is 0 Å². The molecule has 398 valence electrons. The second-order valence-electron chi connectivity index (χ2n) is 18.8. The molecule has 0 saturated carbocycles. The zero-order chi connectivity index (χ0) is 54.7. The van der Waals surface area contributed by atoms with E-state index in [1.165, 1.54) is 54.6 Å². The molecular formula is C52H57F3N14O7. The van der Waals surface area contributed by atoms with Gasteiger partial charge in [0.2, 0.25) is 23.7 Å². The summed E-state index contributed by atoms with van der Waals surface area (Å²) in [4.78, 5) is 107. The van der Waals surface area contributed by atoms with Gasteiger partial charge in [0.25, 0.3) is 11.8 Å². The monoisotopic (exact) mass is 1050 g/mol. The summed E-state index contributed by atoms with van der Waals surface area (Å²) in [5, 5.41) is 5.77. The van der Waals surface area contributed by atoms with Crippen LogP contribution in [-0.4, -0.2) is 107 Å². The number of carbonyl (C=O) groups is 6. The highest BCUT2D eigenvalue weighted by molar-refractivity contribution is 6.13. The maximum absolute atomic E-state index is 14.7. The Hall–Kier alpha value is -8.83. The van der Waals surface area contributed by atoms with E-state index < -0.39 is 83.8 Å². The molecule has 21 nitrogen and oxygen atoms in total. The fourth-order valence-corrected chi connectivity index (χ4v) is 9.84. The van der Waals surface area contributed by atoms with Gasteiger partial charge in [-0.1, -0.05) is 49.4 Å². The first-order valence-corrected chi connectivity index (χ1v) is 24.3. The van der Waals surface area contributed by atoms with Crippen LogP contribution in [0.1, 0.15) is 65.5 Å². The molecule has 0 aliphatic carbocycles. The van der Waals surface area contributed by atoms with Crippen LogP contribution in [0, 0.1) is 18.8 Å². The number of nitrogens with one attached hydrogen (secondary N) is 2. The number of alkyl halides is 3. The highest BCUT2D eigenvalue weighted by atomic mass is 19.4. The number of likely N-dealkylation sites (N-methyl/N-ethyl adjacent to an activating group) is 2. The van der Waals surface area contributed by atoms with Crippen LogP contribution in [0.4, 0.5) is 46.3 Å². The number of aryl methyl sites for hydroxylation is 3. The largest absolute Gasteiger partial charge is 0.573 e. The minimum Gasteiger partial charge on any atom is -0.406 e. The Morgan fingerprint density at radius 2 is 1.32 bits per heavy atom. The first kappa shape index (κ1) is 53.5. The summed E-state index contributed by atoms with van der Waals surface area (Å²) in [5.41, 5.74) is 15.5. The van der Waals surface area contributed by atoms with E-state index in [0.29, 0.717) is 34.5 Å². The number of nitrogens with two attached hydrogens (primary N) is 2. The number of rotatable bonds is 17. The highest BCUT2D eigenvalue weighted by Crippen LogP contribution is 2.36. The smallest absolute Gasteiger partial charge is 0.406 e. The number of nitrogen functional groups attached to an aromatic ring is 2. The van der Waals surface area contributed by atoms with Gasteiger partial charge in [0, 0.05) is 58.2 Å². The second-order valence-corrected chi connectivity index (χ2v) is 18.8. The van der Waals surface area contributed by atoms with Crippen LogP contribution < -0.4 is 36.6 Å². The van der Waals surface area contributed by atoms with Crippen molar-refractivity contribution in [2.24, 2.45) is 25.9 Å². The third-order valence-corrected chi connectivity index (χ3v) is 13.7. The minimum atomic E-state index is -4.98. The van der Waals surface area contributed by atoms with E-state index in [4.69, 9.17) is 11.5 Å². The zero-order valence-electron chi connectivity index (χ0n) is 42.4. The molecule has 6 heterocycles. The van der Waals surface area contributed by atoms with Crippen molar-refractivity contribution in [2.45, 2.75) is 76.5 Å². The van der Waals surface area contributed by atoms with Crippen LogP contribution >= 0.6 is 0 Å². The Morgan fingerprint density at radius 3 is 1.88 bits per heavy atom. The lowest BCUT2D eigenvalue weighted by molar-refractivity contribution is -0.274. The number of β-lactam (4-membered cyclic amide) rings is 2. The van der Waals surface area contributed by atoms with Crippen LogP contribution in [0.3, 0.4) is 0 Å². The fourth-order valence-electron chi connectivity index (χ4n) is 9.84. The van der Waals surface area contributed by atoms with Gasteiger partial charge in [-0.25, -0.2) is 29.5 Å². The van der Waals surface area contributed by atoms with E-state index in [1.54, 1.807) is 60.6 Å². The van der Waals surface area contributed by atoms with Crippen molar-refractivity contribution in [3.63, 3.8) is 0 Å². The number of pyridine rings is 2. The maximum atomic E-state index is 14.7. The van der Waals surface area contributed by atoms with E-state index in [9.17, 15) is 41.9 Å². The topological polar surface area (TPSA) is 262 Å². The summed E-state index contributed by atoms with van der Waals surface area (Å²) in [6, 6.07) is 14.9. The number of hydrogen-bond acceptors (Lipinski definition) is 13. The molecule has 8 amide bonds. The summed E-state index contributed by atoms with van der Waals surface area (Å²) in [6.07, 6.45) is 1.90. The summed E-state index contributed by atoms with van der Waals surface area (Å²) < 4.78 is 46.9. The lowest BCUT2D eigenvalue weighted by Crippen LogP contribution is -2.70. The van der Waals surface area contributed by atoms with Gasteiger partial charge in [-0.05, 0) is 97.7 Å². The van der Waals surface area contributed by atoms with Crippen molar-refractivity contribution >= 4 is 59.2 Å². The first-order valence-electron chi connectivity index (χ1n) is 24.3. The summed E-state index contributed by atoms with van der Waals surface area (Å²) in [7, 11) is 6.26. The summed E-state index contributed by atoms with van der Waals surface area (Å²) in [6.45, 7) is 3.64. The molecule has 2 saturated heterocycles. The Labute approximate surface area is 435 Å². The molecule has 0 spiro atoms. The van der Waals surface area contributed by atoms with Gasteiger partial charge >= 0.3 is 18.4 Å². The number of imide groups is 2. The van der Waals surface area contributed by atoms with E-state index in [-0.39, 0.29) is 49.2 Å². The Kier molecular flexibility index (Phi) is 15.4. The molecule has 2 aliphatic heterocycles. The van der Waals surface area contributed by atoms with Crippen molar-refractivity contribution in [1.82, 2.24) is 49.5 Å². The second kappa shape index (κ2) is 21.9. The average molecular weight is 1050 g/mol. The molecule has 8 rings (SSSR count). The molecule has 2 fully saturated rings. The number of benzene rings is 2. The number of ether oxygens (including phenoxy) is 1. The number of carbonyl (C=O) groups excluding carboxylic acids is 6. The number of imidazole rings is 2. The molecule has 6 atom stereocenters. The third kappa shape index (κ3) is 11.3. The number of nitrogens with zero attached hydrogens (tertiary/aromatic N) is 10. The molecule has 2 aromatic carbocycles. The van der Waals surface area contributed by atoms with Crippen LogP contribution in [0.25, 0.3) is 0 Å². The van der Waals surface area contributed by atoms with E-state index in [0.717, 1.165) is 27.5 Å². The van der Waals surface area contributed by atoms with Gasteiger partial charge in [0.15, 0.2) is 0 Å². The zero-order valence-corrected chi connectivity index (χ0v) is 42.4. The summed E-state index contributed by atoms with van der Waals surface area (Å²) >= 11 is 0. The molecule has 24 heteroatoms. The average Bonchev–Trinajstić information content (AvgIpc) is 3.98. The number of likely N-dealkylation sites (tertiary alicyclic amines) is 2. The lowest BCUT2D eigenvalue weighted by Gasteiger charge is -2.46. The fraction of sp³-hybridized carbons (Fsp3) is 0.346. The van der Waals surface area contributed by atoms with Crippen LogP contribution in [0.5, 0.6) is 5.75 Å². The van der Waals surface area contributed by atoms with Crippen LogP contribution in [-0.2, 0) is 52.5 Å². The molecule has 6 N–H and O–H groups in total. The molecule has 0 radical (unpaired) electrons. The lowest BCUT2D eigenvalue weighted by atomic mass is 9.81. The minimum absolute atomic E-state index is 0.0418. The molecule has 4 aromatic heterocycles. The van der Waals surface area contributed by atoms with Crippen molar-refractivity contribution in [2.75, 3.05) is 35.4 Å². The van der Waals surface area contributed by atoms with Gasteiger partial charge in [0.1, 0.15) is 29.5 Å². The number of hydrogen-bond donors (Lipinski definition) is 4. The van der Waals surface area contributed by atoms with Crippen molar-refractivity contribution in [1.29, 1.82) is 0 Å². The Bertz CT molecular complexity index is 3130. The molecular weight excluding hydrogens is 990 g/mol. The highest BCUT2D eigenvalue weighted by Gasteiger charge is 2.57. The van der Waals surface area contributed by atoms with Crippen LogP contribution in [0.15, 0.2) is 104 Å². The number of halogens is 3. The number of anilines is 4. The van der Waals surface area contributed by atoms with Gasteiger partial charge < -0.3 is 36.0 Å². The predicted octanol–water partition coefficient (Wildman–Crippen LogP) is 5.32. The van der Waals surface area contributed by atoms with Crippen molar-refractivity contribution in [3.8, 4) is 5.75 Å². The predicted molar refractivity (Wildman–Crippen MR) is 272 cm³/mol. The van der Waals surface area contributed by atoms with Gasteiger partial charge in [-0.3, -0.25) is 38.8 Å². The van der Waals surface area contributed by atoms with Gasteiger partial charge in [-0.15, -0.1) is 13.2 Å². The molecule has 76 heavy (non-hydrogen) atoms. The number of aromatic nitrogens is 6. The summed E-state index contributed by atoms with van der Waals surface area (Å²) in [5.74, 6) is -4.10. The quantitative estimate of drug-likeness (QED) is 0.0844. The number of urea groups is 2. The first-order chi connectivity index (χ1) is 36.1. The molecule has 6 aromatic rings. The SMILES string of the molecule is CC[C@@H](NC(=O)N1C(=O)[C@H](Cc2cc(C)nc(N)c2)[C@H]1C(=O)N(C)c1ncc(CCC(NC(=O)N2C(=O)[C@H](Cc3ccnc(N)c3)[C@H]2C(=O)N(C)c2nccn2C)c2ccc(OC(F)(F)F)cc2)n1C)c1ccccc1. The molecule has 0 bridgehead atoms. The van der Waals surface area contributed by atoms with Crippen molar-refractivity contribution < 1.29 is 46.7 Å². The standard InChI is InChI=1S/C52H57F3N14O7/c1-7-38(32-11-9-8-10-12-32)62-50(74)68-43(37(45(68)71)25-31-23-29(2)61-41(57)27-31)47(73)67(6)49-60-28-34(65(49)4)15-18-39(33-13-16-35(17-14-33)76-52(53,54)55)63-51(75)69-42(46(72)66(5)48-59-21-22-64(48)3)36(44(69)70)24-30-19-20-58-40(56)26-30/h8-14,16-17,19-23,26-28,36-39,42-43H,7,15,18,24-25H2,1-6H3,(H2,56,58)(H2,57,61)(H,62,74)(H,63,75)/t36-,37-,38-,39?,42+,43+/m1/s1. The van der Waals surface area contributed by atoms with E-state index >= 15 is 0 Å². The van der Waals surface area contributed by atoms with E-state index in [1.807, 2.05) is 37.3 Å². The molecule has 1 unspecified atom stereocenters. The number of amides is 8. The Balaban J connectivity index is 1.04. The van der Waals surface area contributed by atoms with E-state index in [2.05, 4.69) is 35.3 Å². The van der Waals surface area contributed by atoms with Gasteiger partial charge in [0.05, 0.1) is 30.1 Å². The third-order valence-electron chi connectivity index (χ3n) is 13.7.